The highest BCUT2D eigenvalue weighted by Gasteiger charge is 2.16. The SMILES string of the molecule is COC(C)(C)CCOCC(=O)c1cccc(C)c1. The lowest BCUT2D eigenvalue weighted by atomic mass is 10.1. The normalized spacial score (nSPS) is 11.6. The minimum Gasteiger partial charge on any atom is -0.379 e. The van der Waals surface area contributed by atoms with Gasteiger partial charge >= 0.3 is 0 Å². The van der Waals surface area contributed by atoms with Crippen LogP contribution >= 0.6 is 0 Å². The Balaban J connectivity index is 2.34. The molecule has 3 heteroatoms. The summed E-state index contributed by atoms with van der Waals surface area (Å²) < 4.78 is 10.7. The third-order valence-corrected chi connectivity index (χ3v) is 2.97. The second-order valence-electron chi connectivity index (χ2n) is 5.06. The van der Waals surface area contributed by atoms with Crippen LogP contribution in [0.3, 0.4) is 0 Å². The summed E-state index contributed by atoms with van der Waals surface area (Å²) in [5.41, 5.74) is 1.59. The number of hydrogen-bond donors (Lipinski definition) is 0. The average Bonchev–Trinajstić information content (AvgIpc) is 2.34. The maximum absolute atomic E-state index is 11.8. The van der Waals surface area contributed by atoms with Gasteiger partial charge in [-0.3, -0.25) is 4.79 Å². The summed E-state index contributed by atoms with van der Waals surface area (Å²) in [7, 11) is 1.68. The largest absolute Gasteiger partial charge is 0.379 e. The van der Waals surface area contributed by atoms with Crippen molar-refractivity contribution < 1.29 is 14.3 Å². The molecule has 1 aromatic carbocycles. The predicted molar refractivity (Wildman–Crippen MR) is 72.0 cm³/mol. The number of aryl methyl sites for hydroxylation is 1. The molecule has 0 N–H and O–H groups in total. The molecule has 0 aliphatic rings. The van der Waals surface area contributed by atoms with Gasteiger partial charge in [-0.25, -0.2) is 0 Å². The van der Waals surface area contributed by atoms with Crippen LogP contribution in [0.25, 0.3) is 0 Å². The minimum atomic E-state index is -0.202. The summed E-state index contributed by atoms with van der Waals surface area (Å²) in [4.78, 5) is 11.8. The van der Waals surface area contributed by atoms with Gasteiger partial charge in [-0.1, -0.05) is 23.8 Å². The van der Waals surface area contributed by atoms with Gasteiger partial charge in [0.05, 0.1) is 5.60 Å². The maximum atomic E-state index is 11.8. The second kappa shape index (κ2) is 6.66. The molecule has 3 nitrogen and oxygen atoms in total. The van der Waals surface area contributed by atoms with Crippen molar-refractivity contribution in [3.63, 3.8) is 0 Å². The van der Waals surface area contributed by atoms with Crippen LogP contribution in [0.5, 0.6) is 0 Å². The zero-order valence-corrected chi connectivity index (χ0v) is 11.7. The monoisotopic (exact) mass is 250 g/mol. The number of carbonyl (C=O) groups excluding carboxylic acids is 1. The number of hydrogen-bond acceptors (Lipinski definition) is 3. The molecule has 1 rings (SSSR count). The highest BCUT2D eigenvalue weighted by Crippen LogP contribution is 2.12. The molecular formula is C15H22O3. The van der Waals surface area contributed by atoms with Gasteiger partial charge in [0.15, 0.2) is 5.78 Å². The molecule has 0 amide bonds. The molecule has 0 saturated heterocycles. The van der Waals surface area contributed by atoms with Gasteiger partial charge in [-0.2, -0.15) is 0 Å². The molecule has 100 valence electrons. The summed E-state index contributed by atoms with van der Waals surface area (Å²) in [6.45, 7) is 6.62. The summed E-state index contributed by atoms with van der Waals surface area (Å²) in [6.07, 6.45) is 0.768. The first-order chi connectivity index (χ1) is 8.44. The number of ether oxygens (including phenoxy) is 2. The molecular weight excluding hydrogens is 228 g/mol. The molecule has 0 atom stereocenters. The van der Waals surface area contributed by atoms with Crippen LogP contribution in [0.2, 0.25) is 0 Å². The maximum Gasteiger partial charge on any atom is 0.188 e. The Morgan fingerprint density at radius 3 is 2.67 bits per heavy atom. The van der Waals surface area contributed by atoms with E-state index in [-0.39, 0.29) is 18.0 Å². The predicted octanol–water partition coefficient (Wildman–Crippen LogP) is 3.01. The van der Waals surface area contributed by atoms with Gasteiger partial charge in [0, 0.05) is 19.3 Å². The number of benzene rings is 1. The Kier molecular flexibility index (Phi) is 5.51. The van der Waals surface area contributed by atoms with Gasteiger partial charge in [0.1, 0.15) is 6.61 Å². The van der Waals surface area contributed by atoms with Crippen molar-refractivity contribution in [3.8, 4) is 0 Å². The van der Waals surface area contributed by atoms with Crippen molar-refractivity contribution in [2.75, 3.05) is 20.3 Å². The first-order valence-corrected chi connectivity index (χ1v) is 6.17. The number of ketones is 1. The Hall–Kier alpha value is -1.19. The standard InChI is InChI=1S/C15H22O3/c1-12-6-5-7-13(10-12)14(16)11-18-9-8-15(2,3)17-4/h5-7,10H,8-9,11H2,1-4H3. The second-order valence-corrected chi connectivity index (χ2v) is 5.06. The lowest BCUT2D eigenvalue weighted by Crippen LogP contribution is -2.25. The van der Waals surface area contributed by atoms with Gasteiger partial charge in [0.2, 0.25) is 0 Å². The summed E-state index contributed by atoms with van der Waals surface area (Å²) in [6, 6.07) is 7.55. The topological polar surface area (TPSA) is 35.5 Å². The highest BCUT2D eigenvalue weighted by atomic mass is 16.5. The fraction of sp³-hybridized carbons (Fsp3) is 0.533. The van der Waals surface area contributed by atoms with Crippen molar-refractivity contribution in [1.82, 2.24) is 0 Å². The molecule has 0 saturated carbocycles. The van der Waals surface area contributed by atoms with Crippen molar-refractivity contribution in [3.05, 3.63) is 35.4 Å². The smallest absolute Gasteiger partial charge is 0.188 e. The van der Waals surface area contributed by atoms with E-state index in [4.69, 9.17) is 9.47 Å². The highest BCUT2D eigenvalue weighted by molar-refractivity contribution is 5.97. The van der Waals surface area contributed by atoms with E-state index in [0.29, 0.717) is 12.2 Å². The number of rotatable bonds is 7. The van der Waals surface area contributed by atoms with E-state index < -0.39 is 0 Å². The van der Waals surface area contributed by atoms with E-state index in [1.54, 1.807) is 7.11 Å². The van der Waals surface area contributed by atoms with Gasteiger partial charge < -0.3 is 9.47 Å². The van der Waals surface area contributed by atoms with Crippen LogP contribution < -0.4 is 0 Å². The fourth-order valence-electron chi connectivity index (χ4n) is 1.49. The molecule has 18 heavy (non-hydrogen) atoms. The van der Waals surface area contributed by atoms with Crippen molar-refractivity contribution in [2.45, 2.75) is 32.8 Å². The first kappa shape index (κ1) is 14.9. The van der Waals surface area contributed by atoms with Gasteiger partial charge in [0.25, 0.3) is 0 Å². The van der Waals surface area contributed by atoms with E-state index in [9.17, 15) is 4.79 Å². The quantitative estimate of drug-likeness (QED) is 0.551. The Bertz CT molecular complexity index is 396. The molecule has 1 aromatic rings. The van der Waals surface area contributed by atoms with Crippen molar-refractivity contribution in [2.24, 2.45) is 0 Å². The van der Waals surface area contributed by atoms with E-state index in [1.165, 1.54) is 0 Å². The van der Waals surface area contributed by atoms with Crippen LogP contribution in [-0.4, -0.2) is 31.7 Å². The third-order valence-electron chi connectivity index (χ3n) is 2.97. The molecule has 0 fully saturated rings. The van der Waals surface area contributed by atoms with Gasteiger partial charge in [-0.05, 0) is 33.3 Å². The van der Waals surface area contributed by atoms with E-state index in [0.717, 1.165) is 12.0 Å². The first-order valence-electron chi connectivity index (χ1n) is 6.17. The molecule has 0 spiro atoms. The Morgan fingerprint density at radius 2 is 2.06 bits per heavy atom. The van der Waals surface area contributed by atoms with Crippen LogP contribution in [0.4, 0.5) is 0 Å². The van der Waals surface area contributed by atoms with Gasteiger partial charge in [-0.15, -0.1) is 0 Å². The molecule has 0 heterocycles. The van der Waals surface area contributed by atoms with E-state index in [1.807, 2.05) is 45.0 Å². The minimum absolute atomic E-state index is 0.0222. The van der Waals surface area contributed by atoms with E-state index >= 15 is 0 Å². The molecule has 0 unspecified atom stereocenters. The summed E-state index contributed by atoms with van der Waals surface area (Å²) in [5.74, 6) is 0.0222. The molecule has 0 aliphatic carbocycles. The summed E-state index contributed by atoms with van der Waals surface area (Å²) >= 11 is 0. The van der Waals surface area contributed by atoms with Crippen molar-refractivity contribution >= 4 is 5.78 Å². The lowest BCUT2D eigenvalue weighted by molar-refractivity contribution is -0.00836. The van der Waals surface area contributed by atoms with Crippen LogP contribution in [0.15, 0.2) is 24.3 Å². The lowest BCUT2D eigenvalue weighted by Gasteiger charge is -2.22. The zero-order chi connectivity index (χ0) is 13.6. The Labute approximate surface area is 109 Å². The average molecular weight is 250 g/mol. The Morgan fingerprint density at radius 1 is 1.33 bits per heavy atom. The number of methoxy groups -OCH3 is 1. The number of carbonyl (C=O) groups is 1. The summed E-state index contributed by atoms with van der Waals surface area (Å²) in [5, 5.41) is 0. The van der Waals surface area contributed by atoms with Crippen LogP contribution in [0.1, 0.15) is 36.2 Å². The zero-order valence-electron chi connectivity index (χ0n) is 11.7. The van der Waals surface area contributed by atoms with Crippen LogP contribution in [0, 0.1) is 6.92 Å². The van der Waals surface area contributed by atoms with Crippen molar-refractivity contribution in [1.29, 1.82) is 0 Å². The number of Topliss-reactive ketones (excluding diaryl/α,β-unsaturated/α-hetero) is 1. The molecule has 0 radical (unpaired) electrons. The van der Waals surface area contributed by atoms with E-state index in [2.05, 4.69) is 0 Å². The third kappa shape index (κ3) is 4.98. The van der Waals surface area contributed by atoms with Crippen LogP contribution in [-0.2, 0) is 9.47 Å². The fourth-order valence-corrected chi connectivity index (χ4v) is 1.49. The molecule has 0 aromatic heterocycles. The molecule has 0 aliphatic heterocycles. The molecule has 0 bridgehead atoms.